The molecule has 5 N–H and O–H groups in total. The SMILES string of the molecule is Nc1nc2nc(CC3CSCCN3)[nH]c2c(=O)[nH]1. The number of hydrogen-bond acceptors (Lipinski definition) is 6. The van der Waals surface area contributed by atoms with Gasteiger partial charge in [-0.2, -0.15) is 16.7 Å². The molecule has 3 heterocycles. The van der Waals surface area contributed by atoms with Gasteiger partial charge in [0.05, 0.1) is 0 Å². The Morgan fingerprint density at radius 3 is 3.06 bits per heavy atom. The number of nitrogens with two attached hydrogens (primary N) is 1. The number of rotatable bonds is 2. The van der Waals surface area contributed by atoms with Gasteiger partial charge in [0.1, 0.15) is 5.82 Å². The van der Waals surface area contributed by atoms with E-state index in [-0.39, 0.29) is 11.5 Å². The summed E-state index contributed by atoms with van der Waals surface area (Å²) in [6, 6.07) is 0.390. The molecule has 1 unspecified atom stereocenters. The van der Waals surface area contributed by atoms with Gasteiger partial charge in [-0.3, -0.25) is 9.78 Å². The van der Waals surface area contributed by atoms with Gasteiger partial charge in [-0.05, 0) is 0 Å². The van der Waals surface area contributed by atoms with Crippen molar-refractivity contribution in [1.82, 2.24) is 25.3 Å². The van der Waals surface area contributed by atoms with Gasteiger partial charge in [-0.25, -0.2) is 4.98 Å². The Kier molecular flexibility index (Phi) is 2.96. The first kappa shape index (κ1) is 11.5. The molecular weight excluding hydrogens is 252 g/mol. The Hall–Kier alpha value is -1.54. The summed E-state index contributed by atoms with van der Waals surface area (Å²) in [5.74, 6) is 3.07. The van der Waals surface area contributed by atoms with Crippen LogP contribution in [0.1, 0.15) is 5.82 Å². The molecule has 0 spiro atoms. The number of imidazole rings is 1. The van der Waals surface area contributed by atoms with Crippen LogP contribution in [0.15, 0.2) is 4.79 Å². The maximum Gasteiger partial charge on any atom is 0.278 e. The largest absolute Gasteiger partial charge is 0.369 e. The van der Waals surface area contributed by atoms with Gasteiger partial charge in [0.25, 0.3) is 5.56 Å². The molecule has 0 bridgehead atoms. The lowest BCUT2D eigenvalue weighted by Crippen LogP contribution is -2.39. The second-order valence-corrected chi connectivity index (χ2v) is 5.41. The van der Waals surface area contributed by atoms with Crippen LogP contribution in [-0.2, 0) is 6.42 Å². The normalized spacial score (nSPS) is 20.3. The molecule has 8 heteroatoms. The van der Waals surface area contributed by atoms with Crippen LogP contribution in [0, 0.1) is 0 Å². The molecule has 96 valence electrons. The summed E-state index contributed by atoms with van der Waals surface area (Å²) in [5.41, 5.74) is 5.98. The average molecular weight is 266 g/mol. The monoisotopic (exact) mass is 266 g/mol. The zero-order valence-corrected chi connectivity index (χ0v) is 10.5. The quantitative estimate of drug-likeness (QED) is 0.581. The number of nitrogen functional groups attached to an aromatic ring is 1. The molecule has 1 atom stereocenters. The first-order valence-electron chi connectivity index (χ1n) is 5.78. The summed E-state index contributed by atoms with van der Waals surface area (Å²) >= 11 is 1.93. The fourth-order valence-corrected chi connectivity index (χ4v) is 3.00. The van der Waals surface area contributed by atoms with Crippen molar-refractivity contribution in [2.24, 2.45) is 0 Å². The molecule has 2 aromatic rings. The molecule has 7 nitrogen and oxygen atoms in total. The highest BCUT2D eigenvalue weighted by molar-refractivity contribution is 7.99. The number of hydrogen-bond donors (Lipinski definition) is 4. The Balaban J connectivity index is 1.88. The second-order valence-electron chi connectivity index (χ2n) is 4.26. The lowest BCUT2D eigenvalue weighted by Gasteiger charge is -2.21. The van der Waals surface area contributed by atoms with Crippen LogP contribution in [0.5, 0.6) is 0 Å². The Bertz CT molecular complexity index is 614. The number of fused-ring (bicyclic) bond motifs is 1. The molecule has 1 aliphatic heterocycles. The van der Waals surface area contributed by atoms with Crippen molar-refractivity contribution in [3.8, 4) is 0 Å². The van der Waals surface area contributed by atoms with E-state index in [4.69, 9.17) is 5.73 Å². The maximum atomic E-state index is 11.6. The van der Waals surface area contributed by atoms with Crippen LogP contribution >= 0.6 is 11.8 Å². The zero-order chi connectivity index (χ0) is 12.5. The van der Waals surface area contributed by atoms with Crippen molar-refractivity contribution in [2.75, 3.05) is 23.8 Å². The van der Waals surface area contributed by atoms with Crippen molar-refractivity contribution in [3.05, 3.63) is 16.2 Å². The van der Waals surface area contributed by atoms with Crippen LogP contribution in [-0.4, -0.2) is 44.0 Å². The Labute approximate surface area is 107 Å². The summed E-state index contributed by atoms with van der Waals surface area (Å²) in [7, 11) is 0. The van der Waals surface area contributed by atoms with E-state index in [1.165, 1.54) is 0 Å². The number of nitrogens with one attached hydrogen (secondary N) is 3. The number of thioether (sulfide) groups is 1. The molecule has 18 heavy (non-hydrogen) atoms. The van der Waals surface area contributed by atoms with Gasteiger partial charge < -0.3 is 16.0 Å². The topological polar surface area (TPSA) is 112 Å². The minimum absolute atomic E-state index is 0.0943. The van der Waals surface area contributed by atoms with Gasteiger partial charge in [-0.15, -0.1) is 0 Å². The van der Waals surface area contributed by atoms with Gasteiger partial charge in [0.2, 0.25) is 5.95 Å². The second kappa shape index (κ2) is 4.62. The van der Waals surface area contributed by atoms with Crippen LogP contribution in [0.3, 0.4) is 0 Å². The minimum atomic E-state index is -0.276. The van der Waals surface area contributed by atoms with E-state index in [0.717, 1.165) is 30.3 Å². The summed E-state index contributed by atoms with van der Waals surface area (Å²) in [4.78, 5) is 25.4. The highest BCUT2D eigenvalue weighted by Crippen LogP contribution is 2.12. The fraction of sp³-hybridized carbons (Fsp3) is 0.500. The standard InChI is InChI=1S/C10H14N6OS/c11-10-15-8-7(9(17)16-10)13-6(14-8)3-5-4-18-2-1-12-5/h5,12H,1-4H2,(H4,11,13,14,15,16,17). The number of aromatic amines is 2. The van der Waals surface area contributed by atoms with Crippen molar-refractivity contribution in [1.29, 1.82) is 0 Å². The van der Waals surface area contributed by atoms with Crippen molar-refractivity contribution in [3.63, 3.8) is 0 Å². The van der Waals surface area contributed by atoms with E-state index in [0.29, 0.717) is 17.2 Å². The van der Waals surface area contributed by atoms with E-state index < -0.39 is 0 Å². The summed E-state index contributed by atoms with van der Waals surface area (Å²) < 4.78 is 0. The van der Waals surface area contributed by atoms with Crippen molar-refractivity contribution < 1.29 is 0 Å². The van der Waals surface area contributed by atoms with Crippen LogP contribution in [0.25, 0.3) is 11.2 Å². The van der Waals surface area contributed by atoms with Crippen molar-refractivity contribution in [2.45, 2.75) is 12.5 Å². The van der Waals surface area contributed by atoms with E-state index >= 15 is 0 Å². The third kappa shape index (κ3) is 2.21. The predicted octanol–water partition coefficient (Wildman–Crippen LogP) is -0.524. The Morgan fingerprint density at radius 1 is 1.39 bits per heavy atom. The molecule has 0 saturated carbocycles. The molecule has 0 radical (unpaired) electrons. The molecule has 0 aromatic carbocycles. The molecule has 1 fully saturated rings. The zero-order valence-electron chi connectivity index (χ0n) is 9.69. The summed E-state index contributed by atoms with van der Waals surface area (Å²) in [5, 5.41) is 3.43. The summed E-state index contributed by atoms with van der Waals surface area (Å²) in [6.07, 6.45) is 0.767. The van der Waals surface area contributed by atoms with Crippen molar-refractivity contribution >= 4 is 28.9 Å². The number of H-pyrrole nitrogens is 2. The lowest BCUT2D eigenvalue weighted by molar-refractivity contribution is 0.553. The van der Waals surface area contributed by atoms with Crippen LogP contribution < -0.4 is 16.6 Å². The fourth-order valence-electron chi connectivity index (χ4n) is 2.05. The number of nitrogens with zero attached hydrogens (tertiary/aromatic N) is 2. The highest BCUT2D eigenvalue weighted by Gasteiger charge is 2.16. The molecule has 1 saturated heterocycles. The Morgan fingerprint density at radius 2 is 2.28 bits per heavy atom. The van der Waals surface area contributed by atoms with E-state index in [1.54, 1.807) is 0 Å². The minimum Gasteiger partial charge on any atom is -0.369 e. The first-order chi connectivity index (χ1) is 8.72. The number of anilines is 1. The van der Waals surface area contributed by atoms with Gasteiger partial charge in [0.15, 0.2) is 11.2 Å². The van der Waals surface area contributed by atoms with Gasteiger partial charge in [-0.1, -0.05) is 0 Å². The van der Waals surface area contributed by atoms with Crippen LogP contribution in [0.2, 0.25) is 0 Å². The van der Waals surface area contributed by atoms with Crippen LogP contribution in [0.4, 0.5) is 5.95 Å². The predicted molar refractivity (Wildman–Crippen MR) is 71.7 cm³/mol. The molecule has 2 aromatic heterocycles. The molecule has 0 aliphatic carbocycles. The molecular formula is C10H14N6OS. The van der Waals surface area contributed by atoms with Gasteiger partial charge >= 0.3 is 0 Å². The third-order valence-electron chi connectivity index (χ3n) is 2.87. The third-order valence-corrected chi connectivity index (χ3v) is 4.00. The number of aromatic nitrogens is 4. The van der Waals surface area contributed by atoms with Gasteiger partial charge in [0, 0.05) is 30.5 Å². The first-order valence-corrected chi connectivity index (χ1v) is 6.93. The van der Waals surface area contributed by atoms with E-state index in [2.05, 4.69) is 25.3 Å². The average Bonchev–Trinajstić information content (AvgIpc) is 2.73. The molecule has 0 amide bonds. The molecule has 3 rings (SSSR count). The smallest absolute Gasteiger partial charge is 0.278 e. The molecule has 1 aliphatic rings. The van der Waals surface area contributed by atoms with E-state index in [9.17, 15) is 4.79 Å². The lowest BCUT2D eigenvalue weighted by atomic mass is 10.2. The highest BCUT2D eigenvalue weighted by atomic mass is 32.2. The maximum absolute atomic E-state index is 11.6. The summed E-state index contributed by atoms with van der Waals surface area (Å²) in [6.45, 7) is 1.02. The van der Waals surface area contributed by atoms with E-state index in [1.807, 2.05) is 11.8 Å².